The minimum absolute atomic E-state index is 0.0515. The Hall–Kier alpha value is -2.59. The summed E-state index contributed by atoms with van der Waals surface area (Å²) in [5.74, 6) is -0.370. The lowest BCUT2D eigenvalue weighted by Crippen LogP contribution is -2.56. The van der Waals surface area contributed by atoms with E-state index in [9.17, 15) is 9.59 Å². The molecule has 29 heavy (non-hydrogen) atoms. The van der Waals surface area contributed by atoms with Crippen LogP contribution in [0, 0.1) is 16.7 Å². The molecule has 7 heteroatoms. The number of hydrogen-bond donors (Lipinski definition) is 3. The molecule has 0 saturated heterocycles. The lowest BCUT2D eigenvalue weighted by Gasteiger charge is -2.33. The van der Waals surface area contributed by atoms with Gasteiger partial charge in [-0.2, -0.15) is 5.26 Å². The molecule has 1 heterocycles. The van der Waals surface area contributed by atoms with Gasteiger partial charge < -0.3 is 16.0 Å². The summed E-state index contributed by atoms with van der Waals surface area (Å²) in [4.78, 5) is 25.3. The van der Waals surface area contributed by atoms with E-state index < -0.39 is 17.6 Å². The fourth-order valence-corrected chi connectivity index (χ4v) is 4.72. The summed E-state index contributed by atoms with van der Waals surface area (Å²) in [6, 6.07) is 8.71. The van der Waals surface area contributed by atoms with Gasteiger partial charge in [0.05, 0.1) is 6.07 Å². The molecule has 0 saturated carbocycles. The number of nitriles is 1. The predicted molar refractivity (Wildman–Crippen MR) is 118 cm³/mol. The first-order chi connectivity index (χ1) is 13.5. The van der Waals surface area contributed by atoms with E-state index in [0.29, 0.717) is 6.42 Å². The number of nitrogens with zero attached hydrogens (tertiary/aromatic N) is 1. The van der Waals surface area contributed by atoms with Crippen LogP contribution in [0.4, 0.5) is 4.79 Å². The molecule has 0 fully saturated rings. The van der Waals surface area contributed by atoms with Gasteiger partial charge in [0.15, 0.2) is 0 Å². The van der Waals surface area contributed by atoms with Crippen molar-refractivity contribution in [2.75, 3.05) is 6.54 Å². The maximum atomic E-state index is 12.7. The zero-order valence-corrected chi connectivity index (χ0v) is 18.6. The molecule has 0 radical (unpaired) electrons. The quantitative estimate of drug-likeness (QED) is 0.599. The highest BCUT2D eigenvalue weighted by molar-refractivity contribution is 7.17. The first-order valence-corrected chi connectivity index (χ1v) is 10.6. The van der Waals surface area contributed by atoms with Crippen molar-refractivity contribution in [1.29, 1.82) is 5.26 Å². The van der Waals surface area contributed by atoms with Gasteiger partial charge in [-0.1, -0.05) is 39.0 Å². The summed E-state index contributed by atoms with van der Waals surface area (Å²) in [5.41, 5.74) is 0.623. The highest BCUT2D eigenvalue weighted by Crippen LogP contribution is 2.28. The van der Waals surface area contributed by atoms with Crippen molar-refractivity contribution >= 4 is 33.4 Å². The normalized spacial score (nSPS) is 12.8. The summed E-state index contributed by atoms with van der Waals surface area (Å²) in [7, 11) is 0. The van der Waals surface area contributed by atoms with Crippen LogP contribution in [0.2, 0.25) is 0 Å². The van der Waals surface area contributed by atoms with E-state index in [1.54, 1.807) is 11.3 Å². The van der Waals surface area contributed by atoms with Crippen molar-refractivity contribution in [3.05, 3.63) is 35.2 Å². The number of nitrogens with one attached hydrogen (secondary N) is 3. The fourth-order valence-electron chi connectivity index (χ4n) is 3.74. The minimum atomic E-state index is -0.771. The number of benzene rings is 1. The molecule has 2 aromatic rings. The Morgan fingerprint density at radius 1 is 1.17 bits per heavy atom. The van der Waals surface area contributed by atoms with Gasteiger partial charge in [0.2, 0.25) is 5.91 Å². The Balaban J connectivity index is 2.14. The Labute approximate surface area is 176 Å². The maximum absolute atomic E-state index is 12.7. The Morgan fingerprint density at radius 2 is 1.86 bits per heavy atom. The molecular weight excluding hydrogens is 384 g/mol. The van der Waals surface area contributed by atoms with Crippen LogP contribution in [0.15, 0.2) is 29.6 Å². The number of thiophene rings is 1. The average Bonchev–Trinajstić information content (AvgIpc) is 2.99. The van der Waals surface area contributed by atoms with E-state index in [4.69, 9.17) is 5.26 Å². The van der Waals surface area contributed by atoms with Gasteiger partial charge in [-0.3, -0.25) is 4.79 Å². The topological polar surface area (TPSA) is 94.0 Å². The first-order valence-electron chi connectivity index (χ1n) is 9.69. The van der Waals surface area contributed by atoms with Crippen molar-refractivity contribution in [3.8, 4) is 6.07 Å². The van der Waals surface area contributed by atoms with E-state index in [1.165, 1.54) is 0 Å². The number of hydrogen-bond acceptors (Lipinski definition) is 4. The summed E-state index contributed by atoms with van der Waals surface area (Å²) in [5, 5.41) is 20.2. The molecular formula is C22H30N4O2S. The minimum Gasteiger partial charge on any atom is -0.341 e. The molecule has 3 N–H and O–H groups in total. The Bertz CT molecular complexity index is 905. The van der Waals surface area contributed by atoms with Crippen molar-refractivity contribution < 1.29 is 9.59 Å². The van der Waals surface area contributed by atoms with Crippen LogP contribution >= 0.6 is 11.3 Å². The second-order valence-corrected chi connectivity index (χ2v) is 10.0. The molecule has 156 valence electrons. The number of amides is 3. The van der Waals surface area contributed by atoms with Gasteiger partial charge in [0, 0.05) is 16.7 Å². The van der Waals surface area contributed by atoms with Gasteiger partial charge in [-0.05, 0) is 48.1 Å². The van der Waals surface area contributed by atoms with Gasteiger partial charge in [-0.25, -0.2) is 4.79 Å². The largest absolute Gasteiger partial charge is 0.341 e. The standard InChI is InChI=1S/C22H30N4O2S/c1-21(2,3)14-22(4,5)26-20(28)25-17(19(27)24-11-10-23)12-15-13-29-18-9-7-6-8-16(15)18/h6-9,13,17H,11-12,14H2,1-5H3,(H,24,27)(H2,25,26,28). The first kappa shape index (κ1) is 22.7. The van der Waals surface area contributed by atoms with Crippen LogP contribution < -0.4 is 16.0 Å². The van der Waals surface area contributed by atoms with Crippen LogP contribution in [0.1, 0.15) is 46.6 Å². The molecule has 2 rings (SSSR count). The number of carbonyl (C=O) groups excluding carboxylic acids is 2. The third kappa shape index (κ3) is 7.06. The Kier molecular flexibility index (Phi) is 7.26. The Morgan fingerprint density at radius 3 is 2.52 bits per heavy atom. The number of rotatable bonds is 7. The highest BCUT2D eigenvalue weighted by atomic mass is 32.1. The molecule has 1 aromatic heterocycles. The van der Waals surface area contributed by atoms with Crippen molar-refractivity contribution in [2.45, 2.75) is 59.0 Å². The van der Waals surface area contributed by atoms with E-state index >= 15 is 0 Å². The lowest BCUT2D eigenvalue weighted by molar-refractivity contribution is -0.122. The molecule has 1 aromatic carbocycles. The third-order valence-electron chi connectivity index (χ3n) is 4.37. The summed E-state index contributed by atoms with van der Waals surface area (Å²) < 4.78 is 1.13. The van der Waals surface area contributed by atoms with Crippen LogP contribution in [0.25, 0.3) is 10.1 Å². The molecule has 3 amide bonds. The van der Waals surface area contributed by atoms with Crippen molar-refractivity contribution in [1.82, 2.24) is 16.0 Å². The van der Waals surface area contributed by atoms with Crippen molar-refractivity contribution in [3.63, 3.8) is 0 Å². The number of fused-ring (bicyclic) bond motifs is 1. The molecule has 0 spiro atoms. The predicted octanol–water partition coefficient (Wildman–Crippen LogP) is 3.97. The van der Waals surface area contributed by atoms with Crippen LogP contribution in [0.3, 0.4) is 0 Å². The van der Waals surface area contributed by atoms with Crippen LogP contribution in [-0.4, -0.2) is 30.1 Å². The average molecular weight is 415 g/mol. The monoisotopic (exact) mass is 414 g/mol. The zero-order valence-electron chi connectivity index (χ0n) is 17.8. The summed E-state index contributed by atoms with van der Waals surface area (Å²) >= 11 is 1.61. The maximum Gasteiger partial charge on any atom is 0.315 e. The number of urea groups is 1. The van der Waals surface area contributed by atoms with E-state index in [0.717, 1.165) is 22.1 Å². The van der Waals surface area contributed by atoms with Gasteiger partial charge in [0.25, 0.3) is 0 Å². The van der Waals surface area contributed by atoms with E-state index in [-0.39, 0.29) is 17.9 Å². The van der Waals surface area contributed by atoms with Crippen LogP contribution in [-0.2, 0) is 11.2 Å². The van der Waals surface area contributed by atoms with E-state index in [2.05, 4.69) is 36.7 Å². The summed E-state index contributed by atoms with van der Waals surface area (Å²) in [6.45, 7) is 10.2. The van der Waals surface area contributed by atoms with Crippen LogP contribution in [0.5, 0.6) is 0 Å². The molecule has 0 aliphatic heterocycles. The second kappa shape index (κ2) is 9.27. The molecule has 6 nitrogen and oxygen atoms in total. The third-order valence-corrected chi connectivity index (χ3v) is 5.39. The molecule has 1 unspecified atom stereocenters. The van der Waals surface area contributed by atoms with E-state index in [1.807, 2.05) is 49.6 Å². The highest BCUT2D eigenvalue weighted by Gasteiger charge is 2.29. The second-order valence-electron chi connectivity index (χ2n) is 9.11. The molecule has 1 atom stereocenters. The van der Waals surface area contributed by atoms with Gasteiger partial charge >= 0.3 is 6.03 Å². The zero-order chi connectivity index (χ0) is 21.7. The van der Waals surface area contributed by atoms with Gasteiger partial charge in [-0.15, -0.1) is 11.3 Å². The lowest BCUT2D eigenvalue weighted by atomic mass is 9.82. The molecule has 0 aliphatic carbocycles. The SMILES string of the molecule is CC(C)(C)CC(C)(C)NC(=O)NC(Cc1csc2ccccc12)C(=O)NCC#N. The molecule has 0 aliphatic rings. The smallest absolute Gasteiger partial charge is 0.315 e. The van der Waals surface area contributed by atoms with Crippen molar-refractivity contribution in [2.24, 2.45) is 5.41 Å². The fraction of sp³-hybridized carbons (Fsp3) is 0.500. The molecule has 0 bridgehead atoms. The van der Waals surface area contributed by atoms with Gasteiger partial charge in [0.1, 0.15) is 12.6 Å². The summed E-state index contributed by atoms with van der Waals surface area (Å²) in [6.07, 6.45) is 1.14. The number of carbonyl (C=O) groups is 2.